The van der Waals surface area contributed by atoms with Crippen molar-refractivity contribution in [2.24, 2.45) is 0 Å². The summed E-state index contributed by atoms with van der Waals surface area (Å²) in [5, 5.41) is 19.1. The van der Waals surface area contributed by atoms with Gasteiger partial charge in [-0.2, -0.15) is 0 Å². The Bertz CT molecular complexity index is 1400. The van der Waals surface area contributed by atoms with Crippen LogP contribution in [0.3, 0.4) is 0 Å². The zero-order valence-electron chi connectivity index (χ0n) is 22.5. The number of aromatic nitrogens is 3. The quantitative estimate of drug-likeness (QED) is 0.338. The normalized spacial score (nSPS) is 20.5. The van der Waals surface area contributed by atoms with Crippen LogP contribution in [0.1, 0.15) is 25.7 Å². The smallest absolute Gasteiger partial charge is 0.184 e. The lowest BCUT2D eigenvalue weighted by Gasteiger charge is -2.38. The fraction of sp³-hybridized carbons (Fsp3) is 0.414. The van der Waals surface area contributed by atoms with Crippen LogP contribution in [0.15, 0.2) is 54.9 Å². The fourth-order valence-electron chi connectivity index (χ4n) is 5.29. The number of piperazine rings is 1. The topological polar surface area (TPSA) is 89.9 Å². The summed E-state index contributed by atoms with van der Waals surface area (Å²) >= 11 is 1.59. The number of hydrogen-bond acceptors (Lipinski definition) is 10. The van der Waals surface area contributed by atoms with E-state index in [4.69, 9.17) is 14.7 Å². The molecule has 1 aliphatic carbocycles. The Labute approximate surface area is 233 Å². The first-order valence-electron chi connectivity index (χ1n) is 13.6. The number of nitrogens with one attached hydrogen (secondary N) is 1. The van der Waals surface area contributed by atoms with Crippen LogP contribution >= 0.6 is 11.3 Å². The SMILES string of the molecule is CN(C)N1CCN(c2ccc(-c3cc(Oc4ccc5nc(N[C@@H]6CCCC[C@H]6O)sc5c4)ccn3)cn2)CC1. The average Bonchev–Trinajstić information content (AvgIpc) is 3.36. The number of fused-ring (bicyclic) bond motifs is 1. The molecular formula is C29H35N7O2S. The highest BCUT2D eigenvalue weighted by Gasteiger charge is 2.24. The molecule has 2 fully saturated rings. The lowest BCUT2D eigenvalue weighted by molar-refractivity contribution is 0.0200. The van der Waals surface area contributed by atoms with E-state index in [9.17, 15) is 5.11 Å². The summed E-state index contributed by atoms with van der Waals surface area (Å²) in [7, 11) is 4.17. The lowest BCUT2D eigenvalue weighted by atomic mass is 9.93. The molecule has 9 nitrogen and oxygen atoms in total. The van der Waals surface area contributed by atoms with Gasteiger partial charge in [0.1, 0.15) is 17.3 Å². The lowest BCUT2D eigenvalue weighted by Crippen LogP contribution is -2.51. The molecule has 2 N–H and O–H groups in total. The number of hydrazine groups is 1. The van der Waals surface area contributed by atoms with Crippen LogP contribution in [-0.4, -0.2) is 82.5 Å². The third-order valence-corrected chi connectivity index (χ3v) is 8.50. The molecule has 0 unspecified atom stereocenters. The summed E-state index contributed by atoms with van der Waals surface area (Å²) in [4.78, 5) is 16.3. The van der Waals surface area contributed by atoms with Crippen LogP contribution in [0.25, 0.3) is 21.5 Å². The van der Waals surface area contributed by atoms with Crippen LogP contribution in [0.2, 0.25) is 0 Å². The van der Waals surface area contributed by atoms with Crippen LogP contribution in [0.5, 0.6) is 11.5 Å². The third kappa shape index (κ3) is 5.99. The Balaban J connectivity index is 1.12. The predicted octanol–water partition coefficient (Wildman–Crippen LogP) is 4.86. The molecular weight excluding hydrogens is 510 g/mol. The summed E-state index contributed by atoms with van der Waals surface area (Å²) in [6, 6.07) is 14.0. The van der Waals surface area contributed by atoms with Crippen molar-refractivity contribution in [3.63, 3.8) is 0 Å². The van der Waals surface area contributed by atoms with Gasteiger partial charge in [0.15, 0.2) is 5.13 Å². The van der Waals surface area contributed by atoms with Gasteiger partial charge in [0.2, 0.25) is 0 Å². The highest BCUT2D eigenvalue weighted by Crippen LogP contribution is 2.33. The average molecular weight is 546 g/mol. The molecule has 4 aromatic rings. The minimum Gasteiger partial charge on any atom is -0.457 e. The van der Waals surface area contributed by atoms with E-state index in [1.54, 1.807) is 17.5 Å². The van der Waals surface area contributed by atoms with Gasteiger partial charge in [-0.25, -0.2) is 20.0 Å². The van der Waals surface area contributed by atoms with Crippen LogP contribution in [0.4, 0.5) is 10.9 Å². The van der Waals surface area contributed by atoms with Crippen LogP contribution in [-0.2, 0) is 0 Å². The largest absolute Gasteiger partial charge is 0.457 e. The first-order chi connectivity index (χ1) is 19.0. The van der Waals surface area contributed by atoms with Crippen LogP contribution < -0.4 is 15.0 Å². The molecule has 2 aliphatic rings. The van der Waals surface area contributed by atoms with E-state index >= 15 is 0 Å². The number of ether oxygens (including phenoxy) is 1. The Morgan fingerprint density at radius 2 is 1.79 bits per heavy atom. The number of aliphatic hydroxyl groups is 1. The molecule has 0 amide bonds. The van der Waals surface area contributed by atoms with Gasteiger partial charge < -0.3 is 20.1 Å². The second kappa shape index (κ2) is 11.4. The molecule has 39 heavy (non-hydrogen) atoms. The molecule has 2 atom stereocenters. The van der Waals surface area contributed by atoms with Gasteiger partial charge in [-0.1, -0.05) is 24.2 Å². The van der Waals surface area contributed by atoms with Crippen molar-refractivity contribution in [2.75, 3.05) is 50.5 Å². The molecule has 1 saturated carbocycles. The Morgan fingerprint density at radius 3 is 2.56 bits per heavy atom. The second-order valence-electron chi connectivity index (χ2n) is 10.4. The van der Waals surface area contributed by atoms with E-state index in [1.165, 1.54) is 0 Å². The van der Waals surface area contributed by atoms with Crippen molar-refractivity contribution < 1.29 is 9.84 Å². The summed E-state index contributed by atoms with van der Waals surface area (Å²) in [6.07, 6.45) is 7.40. The van der Waals surface area contributed by atoms with Crippen molar-refractivity contribution in [3.05, 3.63) is 54.9 Å². The molecule has 10 heteroatoms. The fourth-order valence-corrected chi connectivity index (χ4v) is 6.24. The van der Waals surface area contributed by atoms with Crippen LogP contribution in [0, 0.1) is 0 Å². The third-order valence-electron chi connectivity index (χ3n) is 7.55. The summed E-state index contributed by atoms with van der Waals surface area (Å²) < 4.78 is 7.26. The predicted molar refractivity (Wildman–Crippen MR) is 157 cm³/mol. The highest BCUT2D eigenvalue weighted by atomic mass is 32.1. The van der Waals surface area contributed by atoms with Gasteiger partial charge in [0.05, 0.1) is 28.1 Å². The van der Waals surface area contributed by atoms with E-state index in [1.807, 2.05) is 36.5 Å². The molecule has 6 rings (SSSR count). The minimum absolute atomic E-state index is 0.0714. The maximum Gasteiger partial charge on any atom is 0.184 e. The number of pyridine rings is 2. The van der Waals surface area contributed by atoms with E-state index in [2.05, 4.69) is 51.4 Å². The maximum absolute atomic E-state index is 10.3. The van der Waals surface area contributed by atoms with E-state index in [0.29, 0.717) is 0 Å². The molecule has 1 aromatic carbocycles. The first kappa shape index (κ1) is 25.9. The van der Waals surface area contributed by atoms with Crippen molar-refractivity contribution in [3.8, 4) is 22.8 Å². The van der Waals surface area contributed by atoms with Gasteiger partial charge in [0, 0.05) is 70.4 Å². The van der Waals surface area contributed by atoms with Crippen molar-refractivity contribution in [1.82, 2.24) is 25.0 Å². The van der Waals surface area contributed by atoms with Crippen molar-refractivity contribution in [2.45, 2.75) is 37.8 Å². The Hall–Kier alpha value is -3.31. The maximum atomic E-state index is 10.3. The van der Waals surface area contributed by atoms with E-state index in [-0.39, 0.29) is 12.1 Å². The molecule has 0 spiro atoms. The summed E-state index contributed by atoms with van der Waals surface area (Å²) in [6.45, 7) is 3.89. The molecule has 1 aliphatic heterocycles. The molecule has 0 bridgehead atoms. The van der Waals surface area contributed by atoms with Gasteiger partial charge in [0.25, 0.3) is 0 Å². The second-order valence-corrected chi connectivity index (χ2v) is 11.5. The Morgan fingerprint density at radius 1 is 0.974 bits per heavy atom. The number of aliphatic hydroxyl groups excluding tert-OH is 1. The Kier molecular flexibility index (Phi) is 7.60. The van der Waals surface area contributed by atoms with Crippen molar-refractivity contribution >= 4 is 32.5 Å². The number of benzene rings is 1. The minimum atomic E-state index is -0.309. The number of anilines is 2. The zero-order valence-corrected chi connectivity index (χ0v) is 23.3. The van der Waals surface area contributed by atoms with Gasteiger partial charge in [-0.3, -0.25) is 4.98 Å². The number of nitrogens with zero attached hydrogens (tertiary/aromatic N) is 6. The number of hydrogen-bond donors (Lipinski definition) is 2. The van der Waals surface area contributed by atoms with Crippen molar-refractivity contribution in [1.29, 1.82) is 0 Å². The van der Waals surface area contributed by atoms with Gasteiger partial charge in [-0.05, 0) is 43.2 Å². The highest BCUT2D eigenvalue weighted by molar-refractivity contribution is 7.22. The summed E-state index contributed by atoms with van der Waals surface area (Å²) in [5.41, 5.74) is 2.69. The molecule has 0 radical (unpaired) electrons. The van der Waals surface area contributed by atoms with E-state index < -0.39 is 0 Å². The number of thiazole rings is 1. The molecule has 204 valence electrons. The monoisotopic (exact) mass is 545 g/mol. The first-order valence-corrected chi connectivity index (χ1v) is 14.5. The molecule has 1 saturated heterocycles. The number of rotatable bonds is 7. The van der Waals surface area contributed by atoms with Gasteiger partial charge in [-0.15, -0.1) is 0 Å². The zero-order chi connectivity index (χ0) is 26.8. The van der Waals surface area contributed by atoms with E-state index in [0.717, 1.165) is 95.8 Å². The molecule has 4 heterocycles. The summed E-state index contributed by atoms with van der Waals surface area (Å²) in [5.74, 6) is 2.46. The molecule has 3 aromatic heterocycles. The standard InChI is InChI=1S/C29H35N7O2S/c1-34(2)36-15-13-35(14-16-36)28-10-7-20(19-31-28)25-17-22(11-12-30-25)38-21-8-9-24-27(18-21)39-29(33-24)32-23-5-3-4-6-26(23)37/h7-12,17-19,23,26,37H,3-6,13-16H2,1-2H3,(H,32,33)/t23-,26-/m1/s1. The van der Waals surface area contributed by atoms with Gasteiger partial charge >= 0.3 is 0 Å².